The molecule has 0 bridgehead atoms. The molecule has 0 unspecified atom stereocenters. The maximum absolute atomic E-state index is 13.2. The van der Waals surface area contributed by atoms with Gasteiger partial charge in [-0.25, -0.2) is 17.5 Å². The minimum atomic E-state index is -3.68. The summed E-state index contributed by atoms with van der Waals surface area (Å²) in [6.07, 6.45) is 3.49. The molecule has 1 saturated heterocycles. The van der Waals surface area contributed by atoms with Crippen molar-refractivity contribution in [2.24, 2.45) is 5.92 Å². The summed E-state index contributed by atoms with van der Waals surface area (Å²) < 4.78 is 45.7. The van der Waals surface area contributed by atoms with E-state index in [-0.39, 0.29) is 15.8 Å². The van der Waals surface area contributed by atoms with Gasteiger partial charge < -0.3 is 4.42 Å². The zero-order valence-corrected chi connectivity index (χ0v) is 15.2. The van der Waals surface area contributed by atoms with Crippen molar-refractivity contribution in [2.45, 2.75) is 24.3 Å². The van der Waals surface area contributed by atoms with Crippen LogP contribution in [0.25, 0.3) is 0 Å². The van der Waals surface area contributed by atoms with Crippen LogP contribution in [0.15, 0.2) is 45.9 Å². The first kappa shape index (κ1) is 18.4. The van der Waals surface area contributed by atoms with E-state index in [9.17, 15) is 12.8 Å². The fourth-order valence-electron chi connectivity index (χ4n) is 2.93. The molecule has 1 aliphatic rings. The van der Waals surface area contributed by atoms with Crippen molar-refractivity contribution in [1.29, 1.82) is 0 Å². The van der Waals surface area contributed by atoms with E-state index in [1.54, 1.807) is 6.26 Å². The number of hydrogen-bond acceptors (Lipinski definition) is 4. The molecular formula is C17H20ClFN2O3S. The van der Waals surface area contributed by atoms with Gasteiger partial charge in [-0.3, -0.25) is 4.90 Å². The SMILES string of the molecule is O=S(=O)(NCC1CCN(Cc2ccco2)CC1)c1ccc(F)c(Cl)c1. The highest BCUT2D eigenvalue weighted by atomic mass is 35.5. The van der Waals surface area contributed by atoms with Crippen molar-refractivity contribution < 1.29 is 17.2 Å². The van der Waals surface area contributed by atoms with Crippen molar-refractivity contribution >= 4 is 21.6 Å². The number of sulfonamides is 1. The van der Waals surface area contributed by atoms with Crippen LogP contribution in [-0.4, -0.2) is 33.0 Å². The average molecular weight is 387 g/mol. The minimum absolute atomic E-state index is 0.0193. The average Bonchev–Trinajstić information content (AvgIpc) is 3.10. The van der Waals surface area contributed by atoms with Gasteiger partial charge in [0, 0.05) is 6.54 Å². The lowest BCUT2D eigenvalue weighted by molar-refractivity contribution is 0.168. The molecule has 2 aromatic rings. The Kier molecular flexibility index (Phi) is 5.78. The Morgan fingerprint density at radius 1 is 1.28 bits per heavy atom. The fourth-order valence-corrected chi connectivity index (χ4v) is 4.31. The molecule has 25 heavy (non-hydrogen) atoms. The summed E-state index contributed by atoms with van der Waals surface area (Å²) in [7, 11) is -3.68. The number of halogens is 2. The number of rotatable bonds is 6. The third-order valence-electron chi connectivity index (χ3n) is 4.43. The molecule has 136 valence electrons. The summed E-state index contributed by atoms with van der Waals surface area (Å²) in [5, 5.41) is -0.200. The van der Waals surface area contributed by atoms with E-state index >= 15 is 0 Å². The standard InChI is InChI=1S/C17H20ClFN2O3S/c18-16-10-15(3-4-17(16)19)25(22,23)20-11-13-5-7-21(8-6-13)12-14-2-1-9-24-14/h1-4,9-10,13,20H,5-8,11-12H2. The predicted octanol–water partition coefficient (Wildman–Crippen LogP) is 3.26. The molecule has 1 N–H and O–H groups in total. The minimum Gasteiger partial charge on any atom is -0.468 e. The van der Waals surface area contributed by atoms with Crippen molar-refractivity contribution in [3.63, 3.8) is 0 Å². The molecule has 8 heteroatoms. The molecule has 0 amide bonds. The van der Waals surface area contributed by atoms with Crippen LogP contribution in [0, 0.1) is 11.7 Å². The van der Waals surface area contributed by atoms with E-state index in [0.717, 1.165) is 50.4 Å². The van der Waals surface area contributed by atoms with Gasteiger partial charge in [-0.2, -0.15) is 0 Å². The molecule has 0 spiro atoms. The number of likely N-dealkylation sites (tertiary alicyclic amines) is 1. The molecule has 0 saturated carbocycles. The summed E-state index contributed by atoms with van der Waals surface area (Å²) >= 11 is 5.66. The van der Waals surface area contributed by atoms with Crippen molar-refractivity contribution in [2.75, 3.05) is 19.6 Å². The zero-order valence-electron chi connectivity index (χ0n) is 13.6. The molecule has 1 aromatic carbocycles. The van der Waals surface area contributed by atoms with E-state index < -0.39 is 15.8 Å². The van der Waals surface area contributed by atoms with Crippen molar-refractivity contribution in [1.82, 2.24) is 9.62 Å². The maximum Gasteiger partial charge on any atom is 0.240 e. The van der Waals surface area contributed by atoms with Crippen LogP contribution in [0.4, 0.5) is 4.39 Å². The monoisotopic (exact) mass is 386 g/mol. The van der Waals surface area contributed by atoms with Gasteiger partial charge in [-0.05, 0) is 62.2 Å². The van der Waals surface area contributed by atoms with Gasteiger partial charge in [0.25, 0.3) is 0 Å². The lowest BCUT2D eigenvalue weighted by atomic mass is 9.97. The van der Waals surface area contributed by atoms with Gasteiger partial charge in [0.2, 0.25) is 10.0 Å². The van der Waals surface area contributed by atoms with Crippen LogP contribution in [-0.2, 0) is 16.6 Å². The molecule has 2 heterocycles. The summed E-state index contributed by atoms with van der Waals surface area (Å²) in [5.74, 6) is 0.579. The normalized spacial score (nSPS) is 17.0. The second-order valence-corrected chi connectivity index (χ2v) is 8.40. The quantitative estimate of drug-likeness (QED) is 0.827. The Balaban J connectivity index is 1.49. The lowest BCUT2D eigenvalue weighted by Gasteiger charge is -2.31. The third-order valence-corrected chi connectivity index (χ3v) is 6.14. The molecule has 1 fully saturated rings. The molecule has 3 rings (SSSR count). The highest BCUT2D eigenvalue weighted by Crippen LogP contribution is 2.21. The molecular weight excluding hydrogens is 367 g/mol. The number of nitrogens with zero attached hydrogens (tertiary/aromatic N) is 1. The van der Waals surface area contributed by atoms with E-state index in [4.69, 9.17) is 16.0 Å². The first-order valence-electron chi connectivity index (χ1n) is 8.13. The highest BCUT2D eigenvalue weighted by molar-refractivity contribution is 7.89. The van der Waals surface area contributed by atoms with Crippen LogP contribution in [0.1, 0.15) is 18.6 Å². The van der Waals surface area contributed by atoms with E-state index in [2.05, 4.69) is 9.62 Å². The van der Waals surface area contributed by atoms with Gasteiger partial charge in [0.15, 0.2) is 0 Å². The van der Waals surface area contributed by atoms with Gasteiger partial charge in [-0.15, -0.1) is 0 Å². The van der Waals surface area contributed by atoms with Crippen LogP contribution < -0.4 is 4.72 Å². The van der Waals surface area contributed by atoms with E-state index in [0.29, 0.717) is 6.54 Å². The molecule has 0 radical (unpaired) electrons. The van der Waals surface area contributed by atoms with Crippen molar-refractivity contribution in [3.05, 3.63) is 53.2 Å². The van der Waals surface area contributed by atoms with E-state index in [1.165, 1.54) is 6.07 Å². The predicted molar refractivity (Wildman–Crippen MR) is 93.3 cm³/mol. The van der Waals surface area contributed by atoms with Gasteiger partial charge in [0.05, 0.1) is 22.7 Å². The zero-order chi connectivity index (χ0) is 17.9. The largest absolute Gasteiger partial charge is 0.468 e. The van der Waals surface area contributed by atoms with E-state index in [1.807, 2.05) is 12.1 Å². The van der Waals surface area contributed by atoms with Gasteiger partial charge >= 0.3 is 0 Å². The Hall–Kier alpha value is -1.41. The van der Waals surface area contributed by atoms with Crippen LogP contribution in [0.5, 0.6) is 0 Å². The number of hydrogen-bond donors (Lipinski definition) is 1. The number of benzene rings is 1. The smallest absolute Gasteiger partial charge is 0.240 e. The van der Waals surface area contributed by atoms with Crippen LogP contribution in [0.3, 0.4) is 0 Å². The van der Waals surface area contributed by atoms with Crippen LogP contribution in [0.2, 0.25) is 5.02 Å². The Morgan fingerprint density at radius 2 is 2.04 bits per heavy atom. The second kappa shape index (κ2) is 7.86. The first-order valence-corrected chi connectivity index (χ1v) is 9.99. The van der Waals surface area contributed by atoms with Crippen molar-refractivity contribution in [3.8, 4) is 0 Å². The summed E-state index contributed by atoms with van der Waals surface area (Å²) in [6, 6.07) is 7.23. The van der Waals surface area contributed by atoms with Gasteiger partial charge in [0.1, 0.15) is 11.6 Å². The second-order valence-electron chi connectivity index (χ2n) is 6.23. The Bertz CT molecular complexity index is 803. The lowest BCUT2D eigenvalue weighted by Crippen LogP contribution is -2.38. The third kappa shape index (κ3) is 4.82. The summed E-state index contributed by atoms with van der Waals surface area (Å²) in [6.45, 7) is 2.94. The Morgan fingerprint density at radius 3 is 2.68 bits per heavy atom. The molecule has 1 aromatic heterocycles. The Labute approximate surface area is 151 Å². The molecule has 0 aliphatic carbocycles. The van der Waals surface area contributed by atoms with Gasteiger partial charge in [-0.1, -0.05) is 11.6 Å². The topological polar surface area (TPSA) is 62.6 Å². The first-order chi connectivity index (χ1) is 11.9. The number of furan rings is 1. The maximum atomic E-state index is 13.2. The molecule has 1 aliphatic heterocycles. The summed E-state index contributed by atoms with van der Waals surface area (Å²) in [5.41, 5.74) is 0. The number of nitrogens with one attached hydrogen (secondary N) is 1. The summed E-state index contributed by atoms with van der Waals surface area (Å²) in [4.78, 5) is 2.28. The molecule has 5 nitrogen and oxygen atoms in total. The fraction of sp³-hybridized carbons (Fsp3) is 0.412. The number of piperidine rings is 1. The molecule has 0 atom stereocenters. The highest BCUT2D eigenvalue weighted by Gasteiger charge is 2.22. The van der Waals surface area contributed by atoms with Crippen LogP contribution >= 0.6 is 11.6 Å².